The lowest BCUT2D eigenvalue weighted by Crippen LogP contribution is -2.40. The van der Waals surface area contributed by atoms with Gasteiger partial charge in [0, 0.05) is 30.1 Å². The molecule has 0 aliphatic carbocycles. The monoisotopic (exact) mass is 436 g/mol. The molecule has 6 heteroatoms. The molecule has 0 bridgehead atoms. The highest BCUT2D eigenvalue weighted by Crippen LogP contribution is 2.34. The quantitative estimate of drug-likeness (QED) is 0.560. The van der Waals surface area contributed by atoms with Crippen LogP contribution >= 0.6 is 0 Å². The third kappa shape index (κ3) is 5.25. The van der Waals surface area contributed by atoms with Crippen LogP contribution in [0.1, 0.15) is 49.2 Å². The molecule has 1 aromatic heterocycles. The van der Waals surface area contributed by atoms with Gasteiger partial charge in [0.1, 0.15) is 12.3 Å². The minimum Gasteiger partial charge on any atom is -0.493 e. The maximum atomic E-state index is 13.1. The van der Waals surface area contributed by atoms with Gasteiger partial charge in [-0.1, -0.05) is 30.3 Å². The van der Waals surface area contributed by atoms with Gasteiger partial charge in [-0.3, -0.25) is 4.79 Å². The van der Waals surface area contributed by atoms with Crippen LogP contribution in [0.15, 0.2) is 48.5 Å². The number of aromatic amines is 1. The molecular weight excluding hydrogens is 404 g/mol. The number of rotatable bonds is 7. The highest BCUT2D eigenvalue weighted by Gasteiger charge is 2.28. The highest BCUT2D eigenvalue weighted by atomic mass is 16.5. The first-order valence-corrected chi connectivity index (χ1v) is 11.2. The summed E-state index contributed by atoms with van der Waals surface area (Å²) in [6.45, 7) is 5.56. The first-order chi connectivity index (χ1) is 15.3. The molecule has 0 saturated carbocycles. The van der Waals surface area contributed by atoms with Crippen molar-refractivity contribution in [3.63, 3.8) is 0 Å². The van der Waals surface area contributed by atoms with Crippen LogP contribution < -0.4 is 9.47 Å². The van der Waals surface area contributed by atoms with Gasteiger partial charge in [0.2, 0.25) is 0 Å². The zero-order valence-corrected chi connectivity index (χ0v) is 19.1. The number of carbonyl (C=O) groups excluding carboxylic acids is 1. The minimum atomic E-state index is -0.659. The van der Waals surface area contributed by atoms with Gasteiger partial charge in [-0.15, -0.1) is 0 Å². The second-order valence-corrected chi connectivity index (χ2v) is 9.30. The summed E-state index contributed by atoms with van der Waals surface area (Å²) in [4.78, 5) is 18.3. The van der Waals surface area contributed by atoms with Gasteiger partial charge in [0.05, 0.1) is 12.7 Å². The lowest BCUT2D eigenvalue weighted by Gasteiger charge is -2.34. The Labute approximate surface area is 189 Å². The number of H-pyrrole nitrogens is 1. The van der Waals surface area contributed by atoms with E-state index in [1.54, 1.807) is 7.11 Å². The van der Waals surface area contributed by atoms with Crippen LogP contribution in [0.2, 0.25) is 0 Å². The number of aromatic nitrogens is 1. The fourth-order valence-corrected chi connectivity index (χ4v) is 4.48. The van der Waals surface area contributed by atoms with Crippen LogP contribution in [-0.2, 0) is 6.61 Å². The third-order valence-electron chi connectivity index (χ3n) is 6.06. The molecular formula is C26H32N2O4. The lowest BCUT2D eigenvalue weighted by molar-refractivity contribution is 0.0357. The van der Waals surface area contributed by atoms with Gasteiger partial charge in [-0.2, -0.15) is 0 Å². The zero-order chi connectivity index (χ0) is 22.7. The van der Waals surface area contributed by atoms with Crippen LogP contribution in [0.5, 0.6) is 11.5 Å². The summed E-state index contributed by atoms with van der Waals surface area (Å²) in [5, 5.41) is 11.0. The average Bonchev–Trinajstić information content (AvgIpc) is 3.19. The summed E-state index contributed by atoms with van der Waals surface area (Å²) >= 11 is 0. The number of methoxy groups -OCH3 is 1. The number of nitrogens with zero attached hydrogens (tertiary/aromatic N) is 1. The van der Waals surface area contributed by atoms with Gasteiger partial charge in [0.25, 0.3) is 5.91 Å². The minimum absolute atomic E-state index is 0.00799. The summed E-state index contributed by atoms with van der Waals surface area (Å²) in [6, 6.07) is 15.6. The van der Waals surface area contributed by atoms with E-state index in [0.717, 1.165) is 35.7 Å². The molecule has 0 atom stereocenters. The number of aliphatic hydroxyl groups is 1. The van der Waals surface area contributed by atoms with E-state index >= 15 is 0 Å². The van der Waals surface area contributed by atoms with Gasteiger partial charge in [0.15, 0.2) is 11.5 Å². The van der Waals surface area contributed by atoms with E-state index in [2.05, 4.69) is 4.98 Å². The number of benzene rings is 2. The molecule has 2 heterocycles. The Morgan fingerprint density at radius 2 is 1.84 bits per heavy atom. The van der Waals surface area contributed by atoms with E-state index < -0.39 is 5.60 Å². The van der Waals surface area contributed by atoms with E-state index in [9.17, 15) is 9.90 Å². The van der Waals surface area contributed by atoms with E-state index in [1.165, 1.54) is 0 Å². The van der Waals surface area contributed by atoms with Crippen molar-refractivity contribution in [3.8, 4) is 11.5 Å². The summed E-state index contributed by atoms with van der Waals surface area (Å²) < 4.78 is 11.5. The van der Waals surface area contributed by atoms with Crippen molar-refractivity contribution in [2.24, 2.45) is 5.92 Å². The number of nitrogens with one attached hydrogen (secondary N) is 1. The molecule has 1 fully saturated rings. The predicted molar refractivity (Wildman–Crippen MR) is 125 cm³/mol. The van der Waals surface area contributed by atoms with Crippen molar-refractivity contribution in [1.29, 1.82) is 0 Å². The van der Waals surface area contributed by atoms with Crippen LogP contribution in [-0.4, -0.2) is 46.7 Å². The van der Waals surface area contributed by atoms with E-state index in [0.29, 0.717) is 42.8 Å². The number of carbonyl (C=O) groups is 1. The largest absolute Gasteiger partial charge is 0.493 e. The number of ether oxygens (including phenoxy) is 2. The van der Waals surface area contributed by atoms with Crippen molar-refractivity contribution < 1.29 is 19.4 Å². The lowest BCUT2D eigenvalue weighted by atomic mass is 9.86. The molecule has 1 aliphatic heterocycles. The van der Waals surface area contributed by atoms with E-state index in [1.807, 2.05) is 67.3 Å². The van der Waals surface area contributed by atoms with E-state index in [4.69, 9.17) is 9.47 Å². The van der Waals surface area contributed by atoms with Crippen LogP contribution in [0.3, 0.4) is 0 Å². The molecule has 4 rings (SSSR count). The van der Waals surface area contributed by atoms with Crippen molar-refractivity contribution in [3.05, 3.63) is 59.8 Å². The van der Waals surface area contributed by atoms with Crippen LogP contribution in [0, 0.1) is 5.92 Å². The molecule has 3 aromatic rings. The number of likely N-dealkylation sites (tertiary alicyclic amines) is 1. The SMILES string of the molecule is COc1cc2cc(C(=O)N3CCC(CC(C)(C)O)CC3)[nH]c2cc1OCc1ccccc1. The Kier molecular flexibility index (Phi) is 6.42. The molecule has 1 saturated heterocycles. The number of fused-ring (bicyclic) bond motifs is 1. The normalized spacial score (nSPS) is 15.2. The number of amides is 1. The van der Waals surface area contributed by atoms with Crippen molar-refractivity contribution >= 4 is 16.8 Å². The molecule has 0 unspecified atom stereocenters. The molecule has 6 nitrogen and oxygen atoms in total. The molecule has 1 aliphatic rings. The van der Waals surface area contributed by atoms with E-state index in [-0.39, 0.29) is 5.91 Å². The summed E-state index contributed by atoms with van der Waals surface area (Å²) in [5.74, 6) is 1.74. The zero-order valence-electron chi connectivity index (χ0n) is 19.1. The van der Waals surface area contributed by atoms with Crippen LogP contribution in [0.25, 0.3) is 10.9 Å². The van der Waals surface area contributed by atoms with Crippen molar-refractivity contribution in [1.82, 2.24) is 9.88 Å². The summed E-state index contributed by atoms with van der Waals surface area (Å²) in [7, 11) is 1.62. The molecule has 0 radical (unpaired) electrons. The van der Waals surface area contributed by atoms with Gasteiger partial charge in [-0.25, -0.2) is 0 Å². The van der Waals surface area contributed by atoms with Crippen molar-refractivity contribution in [2.45, 2.75) is 45.3 Å². The van der Waals surface area contributed by atoms with Crippen molar-refractivity contribution in [2.75, 3.05) is 20.2 Å². The fraction of sp³-hybridized carbons (Fsp3) is 0.423. The first-order valence-electron chi connectivity index (χ1n) is 11.2. The third-order valence-corrected chi connectivity index (χ3v) is 6.06. The highest BCUT2D eigenvalue weighted by molar-refractivity contribution is 5.98. The molecule has 2 aromatic carbocycles. The number of piperidine rings is 1. The van der Waals surface area contributed by atoms with Gasteiger partial charge < -0.3 is 24.5 Å². The maximum absolute atomic E-state index is 13.1. The molecule has 2 N–H and O–H groups in total. The van der Waals surface area contributed by atoms with Gasteiger partial charge in [-0.05, 0) is 56.7 Å². The standard InChI is InChI=1S/C26H32N2O4/c1-26(2,30)16-18-9-11-28(12-10-18)25(29)22-13-20-14-23(31-3)24(15-21(20)27-22)32-17-19-7-5-4-6-8-19/h4-8,13-15,18,27,30H,9-12,16-17H2,1-3H3. The number of hydrogen-bond acceptors (Lipinski definition) is 4. The van der Waals surface area contributed by atoms with Crippen LogP contribution in [0.4, 0.5) is 0 Å². The number of hydrogen-bond donors (Lipinski definition) is 2. The second-order valence-electron chi connectivity index (χ2n) is 9.30. The summed E-state index contributed by atoms with van der Waals surface area (Å²) in [5.41, 5.74) is 1.83. The second kappa shape index (κ2) is 9.25. The molecule has 0 spiro atoms. The molecule has 32 heavy (non-hydrogen) atoms. The molecule has 170 valence electrons. The predicted octanol–water partition coefficient (Wildman–Crippen LogP) is 4.77. The maximum Gasteiger partial charge on any atom is 0.270 e. The Hall–Kier alpha value is -2.99. The first kappa shape index (κ1) is 22.2. The van der Waals surface area contributed by atoms with Gasteiger partial charge >= 0.3 is 0 Å². The Bertz CT molecular complexity index is 1060. The average molecular weight is 437 g/mol. The summed E-state index contributed by atoms with van der Waals surface area (Å²) in [6.07, 6.45) is 2.61. The molecule has 1 amide bonds. The Morgan fingerprint density at radius 1 is 1.12 bits per heavy atom. The Balaban J connectivity index is 1.46. The fourth-order valence-electron chi connectivity index (χ4n) is 4.48. The Morgan fingerprint density at radius 3 is 2.50 bits per heavy atom. The topological polar surface area (TPSA) is 74.8 Å². The smallest absolute Gasteiger partial charge is 0.270 e.